The van der Waals surface area contributed by atoms with Crippen LogP contribution in [0.1, 0.15) is 77.5 Å². The number of aliphatic hydroxyl groups is 1. The average molecular weight is 321 g/mol. The van der Waals surface area contributed by atoms with Crippen molar-refractivity contribution in [3.63, 3.8) is 0 Å². The molecule has 2 heteroatoms. The van der Waals surface area contributed by atoms with Crippen molar-refractivity contribution in [2.45, 2.75) is 78.2 Å². The summed E-state index contributed by atoms with van der Waals surface area (Å²) in [5.74, 6) is 0.550. The SMILES string of the molecule is [2H]C1=C2[C@H]([2H])C[C@H]3[C@H]4CC[C@@H](C(C)O)[C@]4(C)CC[C@H]3[C@@]2(C)CC([2H])([2H])C1=O. The lowest BCUT2D eigenvalue weighted by molar-refractivity contribution is -0.117. The molecule has 0 aromatic rings. The molecule has 3 fully saturated rings. The van der Waals surface area contributed by atoms with Gasteiger partial charge in [0.25, 0.3) is 0 Å². The molecule has 0 amide bonds. The third kappa shape index (κ3) is 2.13. The van der Waals surface area contributed by atoms with E-state index in [9.17, 15) is 9.90 Å². The van der Waals surface area contributed by atoms with Crippen LogP contribution in [-0.4, -0.2) is 17.0 Å². The van der Waals surface area contributed by atoms with Gasteiger partial charge in [-0.3, -0.25) is 4.79 Å². The zero-order valence-corrected chi connectivity index (χ0v) is 14.6. The quantitative estimate of drug-likeness (QED) is 0.771. The summed E-state index contributed by atoms with van der Waals surface area (Å²) in [4.78, 5) is 12.4. The fraction of sp³-hybridized carbons (Fsp3) is 0.857. The number of aliphatic hydroxyl groups excluding tert-OH is 1. The number of hydrogen-bond donors (Lipinski definition) is 1. The summed E-state index contributed by atoms with van der Waals surface area (Å²) in [6.07, 6.45) is 1.89. The molecule has 1 N–H and O–H groups in total. The molecule has 8 atom stereocenters. The van der Waals surface area contributed by atoms with Crippen LogP contribution in [0, 0.1) is 34.5 Å². The first kappa shape index (κ1) is 11.8. The van der Waals surface area contributed by atoms with Crippen LogP contribution in [-0.2, 0) is 4.79 Å². The lowest BCUT2D eigenvalue weighted by Crippen LogP contribution is -2.51. The number of hydrogen-bond acceptors (Lipinski definition) is 2. The molecule has 1 unspecified atom stereocenters. The maximum absolute atomic E-state index is 12.4. The maximum atomic E-state index is 12.4. The van der Waals surface area contributed by atoms with Gasteiger partial charge < -0.3 is 5.11 Å². The highest BCUT2D eigenvalue weighted by Gasteiger charge is 2.59. The summed E-state index contributed by atoms with van der Waals surface area (Å²) in [6.45, 7) is 6.22. The highest BCUT2D eigenvalue weighted by Crippen LogP contribution is 2.66. The molecule has 4 aliphatic carbocycles. The topological polar surface area (TPSA) is 37.3 Å². The van der Waals surface area contributed by atoms with E-state index in [1.54, 1.807) is 0 Å². The van der Waals surface area contributed by atoms with Crippen LogP contribution in [0.4, 0.5) is 0 Å². The van der Waals surface area contributed by atoms with Gasteiger partial charge in [0.05, 0.1) is 7.47 Å². The van der Waals surface area contributed by atoms with E-state index in [0.29, 0.717) is 29.7 Å². The largest absolute Gasteiger partial charge is 0.393 e. The molecular formula is C21H32O2. The van der Waals surface area contributed by atoms with E-state index in [1.807, 2.05) is 13.8 Å². The van der Waals surface area contributed by atoms with E-state index >= 15 is 0 Å². The summed E-state index contributed by atoms with van der Waals surface area (Å²) in [6, 6.07) is -0.228. The van der Waals surface area contributed by atoms with Crippen molar-refractivity contribution in [3.8, 4) is 0 Å². The van der Waals surface area contributed by atoms with Crippen molar-refractivity contribution in [2.75, 3.05) is 0 Å². The second-order valence-electron chi connectivity index (χ2n) is 8.92. The standard InChI is InChI=1S/C21H32O2/c1-13(22)17-6-7-18-16-5-4-14-12-15(23)8-10-20(14,2)19(16)9-11-21(17,18)3/h12-13,16-19,22H,4-11H2,1-3H3/t13?,16-,17-,18+,19+,20-,21-/m0/s1/i4D,8D2,12D/t4-,13?,16+,17+,18-,19-,20+,21+/m1. The van der Waals surface area contributed by atoms with E-state index in [-0.39, 0.29) is 29.9 Å². The Morgan fingerprint density at radius 3 is 2.78 bits per heavy atom. The van der Waals surface area contributed by atoms with Gasteiger partial charge in [0.15, 0.2) is 5.78 Å². The highest BCUT2D eigenvalue weighted by molar-refractivity contribution is 5.91. The Morgan fingerprint density at radius 1 is 1.26 bits per heavy atom. The van der Waals surface area contributed by atoms with E-state index < -0.39 is 24.0 Å². The first-order valence-electron chi connectivity index (χ1n) is 11.4. The summed E-state index contributed by atoms with van der Waals surface area (Å²) in [5, 5.41) is 10.3. The molecule has 0 radical (unpaired) electrons. The monoisotopic (exact) mass is 320 g/mol. The third-order valence-electron chi connectivity index (χ3n) is 7.98. The zero-order chi connectivity index (χ0) is 19.9. The fourth-order valence-electron chi connectivity index (χ4n) is 6.78. The second-order valence-corrected chi connectivity index (χ2v) is 8.92. The minimum atomic E-state index is -2.00. The molecule has 0 heterocycles. The summed E-state index contributed by atoms with van der Waals surface area (Å²) in [7, 11) is 0. The Morgan fingerprint density at radius 2 is 2.04 bits per heavy atom. The normalized spacial score (nSPS) is 59.0. The highest BCUT2D eigenvalue weighted by atomic mass is 16.3. The van der Waals surface area contributed by atoms with Crippen molar-refractivity contribution in [1.82, 2.24) is 0 Å². The molecular weight excluding hydrogens is 284 g/mol. The number of carbonyl (C=O) groups excluding carboxylic acids is 1. The maximum Gasteiger partial charge on any atom is 0.155 e. The average Bonchev–Trinajstić information content (AvgIpc) is 2.89. The Hall–Kier alpha value is -0.630. The molecule has 4 rings (SSSR count). The Labute approximate surface area is 146 Å². The van der Waals surface area contributed by atoms with Crippen LogP contribution in [0.15, 0.2) is 11.6 Å². The molecule has 128 valence electrons. The van der Waals surface area contributed by atoms with Gasteiger partial charge in [0.2, 0.25) is 0 Å². The van der Waals surface area contributed by atoms with Crippen molar-refractivity contribution in [2.24, 2.45) is 34.5 Å². The van der Waals surface area contributed by atoms with Crippen LogP contribution < -0.4 is 0 Å². The number of rotatable bonds is 1. The Balaban J connectivity index is 1.76. The Kier molecular flexibility index (Phi) is 2.67. The minimum absolute atomic E-state index is 0.0833. The fourth-order valence-corrected chi connectivity index (χ4v) is 6.78. The van der Waals surface area contributed by atoms with Crippen LogP contribution in [0.5, 0.6) is 0 Å². The molecule has 23 heavy (non-hydrogen) atoms. The molecule has 0 aliphatic heterocycles. The first-order chi connectivity index (χ1) is 12.4. The van der Waals surface area contributed by atoms with E-state index in [2.05, 4.69) is 6.92 Å². The predicted molar refractivity (Wildman–Crippen MR) is 91.9 cm³/mol. The van der Waals surface area contributed by atoms with Gasteiger partial charge in [-0.15, -0.1) is 0 Å². The first-order valence-corrected chi connectivity index (χ1v) is 9.30. The second kappa shape index (κ2) is 5.18. The third-order valence-corrected chi connectivity index (χ3v) is 7.98. The molecule has 0 aromatic heterocycles. The van der Waals surface area contributed by atoms with E-state index in [4.69, 9.17) is 5.48 Å². The van der Waals surface area contributed by atoms with Gasteiger partial charge >= 0.3 is 0 Å². The molecule has 4 aliphatic rings. The molecule has 0 spiro atoms. The van der Waals surface area contributed by atoms with Gasteiger partial charge in [-0.1, -0.05) is 19.4 Å². The molecule has 2 nitrogen and oxygen atoms in total. The van der Waals surface area contributed by atoms with Gasteiger partial charge in [0.1, 0.15) is 0 Å². The lowest BCUT2D eigenvalue weighted by atomic mass is 9.46. The minimum Gasteiger partial charge on any atom is -0.393 e. The van der Waals surface area contributed by atoms with Crippen LogP contribution >= 0.6 is 0 Å². The van der Waals surface area contributed by atoms with E-state index in [0.717, 1.165) is 25.7 Å². The van der Waals surface area contributed by atoms with Gasteiger partial charge in [-0.2, -0.15) is 0 Å². The number of carbonyl (C=O) groups is 1. The van der Waals surface area contributed by atoms with Crippen LogP contribution in [0.2, 0.25) is 0 Å². The molecule has 0 bridgehead atoms. The summed E-state index contributed by atoms with van der Waals surface area (Å²) < 4.78 is 33.5. The number of ketones is 1. The predicted octanol–water partition coefficient (Wildman–Crippen LogP) is 4.52. The summed E-state index contributed by atoms with van der Waals surface area (Å²) >= 11 is 0. The van der Waals surface area contributed by atoms with Crippen molar-refractivity contribution >= 4 is 5.78 Å². The van der Waals surface area contributed by atoms with Crippen molar-refractivity contribution in [3.05, 3.63) is 11.6 Å². The van der Waals surface area contributed by atoms with Crippen molar-refractivity contribution in [1.29, 1.82) is 0 Å². The Bertz CT molecular complexity index is 702. The number of allylic oxidation sites excluding steroid dienone is 1. The van der Waals surface area contributed by atoms with Gasteiger partial charge in [-0.05, 0) is 92.4 Å². The van der Waals surface area contributed by atoms with Gasteiger partial charge in [0, 0.05) is 10.5 Å². The van der Waals surface area contributed by atoms with Crippen molar-refractivity contribution < 1.29 is 15.4 Å². The van der Waals surface area contributed by atoms with Gasteiger partial charge in [-0.25, -0.2) is 0 Å². The van der Waals surface area contributed by atoms with E-state index in [1.165, 1.54) is 0 Å². The molecule has 0 saturated heterocycles. The molecule has 3 saturated carbocycles. The van der Waals surface area contributed by atoms with Crippen LogP contribution in [0.3, 0.4) is 0 Å². The summed E-state index contributed by atoms with van der Waals surface area (Å²) in [5.41, 5.74) is 0.103. The lowest BCUT2D eigenvalue weighted by Gasteiger charge is -2.58. The smallest absolute Gasteiger partial charge is 0.155 e. The molecule has 0 aromatic carbocycles. The number of fused-ring (bicyclic) bond motifs is 5. The van der Waals surface area contributed by atoms with Crippen LogP contribution in [0.25, 0.3) is 0 Å². The zero-order valence-electron chi connectivity index (χ0n) is 18.6.